The van der Waals surface area contributed by atoms with Crippen LogP contribution in [0, 0.1) is 6.92 Å². The van der Waals surface area contributed by atoms with E-state index in [4.69, 9.17) is 9.47 Å². The molecule has 0 spiro atoms. The molecule has 1 N–H and O–H groups in total. The third-order valence-electron chi connectivity index (χ3n) is 6.28. The Morgan fingerprint density at radius 3 is 2.32 bits per heavy atom. The molecule has 2 aromatic carbocycles. The van der Waals surface area contributed by atoms with E-state index in [0.29, 0.717) is 49.0 Å². The van der Waals surface area contributed by atoms with Gasteiger partial charge in [-0.25, -0.2) is 4.79 Å². The average Bonchev–Trinajstić information content (AvgIpc) is 2.81. The van der Waals surface area contributed by atoms with Crippen LogP contribution in [-0.2, 0) is 0 Å². The number of rotatable bonds is 9. The van der Waals surface area contributed by atoms with Crippen LogP contribution in [-0.4, -0.2) is 74.4 Å². The lowest BCUT2D eigenvalue weighted by Crippen LogP contribution is -2.50. The van der Waals surface area contributed by atoms with Gasteiger partial charge in [-0.15, -0.1) is 0 Å². The highest BCUT2D eigenvalue weighted by atomic mass is 16.5. The van der Waals surface area contributed by atoms with Gasteiger partial charge >= 0.3 is 6.03 Å². The van der Waals surface area contributed by atoms with Crippen LogP contribution in [0.3, 0.4) is 0 Å². The number of aryl methyl sites for hydroxylation is 1. The van der Waals surface area contributed by atoms with E-state index in [1.54, 1.807) is 7.11 Å². The van der Waals surface area contributed by atoms with E-state index in [2.05, 4.69) is 74.0 Å². The molecule has 0 radical (unpaired) electrons. The van der Waals surface area contributed by atoms with Gasteiger partial charge in [-0.3, -0.25) is 4.90 Å². The molecule has 34 heavy (non-hydrogen) atoms. The zero-order valence-corrected chi connectivity index (χ0v) is 21.5. The highest BCUT2D eigenvalue weighted by Crippen LogP contribution is 2.30. The van der Waals surface area contributed by atoms with Crippen molar-refractivity contribution in [2.45, 2.75) is 46.7 Å². The van der Waals surface area contributed by atoms with Gasteiger partial charge in [0, 0.05) is 62.2 Å². The molecule has 0 bridgehead atoms. The van der Waals surface area contributed by atoms with Crippen molar-refractivity contribution in [3.05, 3.63) is 48.0 Å². The Labute approximate surface area is 204 Å². The molecular formula is C27H40N4O3. The number of anilines is 2. The van der Waals surface area contributed by atoms with E-state index < -0.39 is 0 Å². The molecule has 0 atom stereocenters. The molecule has 3 rings (SSSR count). The summed E-state index contributed by atoms with van der Waals surface area (Å²) >= 11 is 0. The SMILES string of the molecule is COc1ccc(NC(=O)N2CCN(c3cccc(C)c3)CC2)cc1OCCN(C(C)C)C(C)C. The minimum atomic E-state index is -0.0919. The first-order valence-corrected chi connectivity index (χ1v) is 12.2. The number of piperazine rings is 1. The number of amides is 2. The molecule has 1 fully saturated rings. The minimum absolute atomic E-state index is 0.0919. The first-order valence-electron chi connectivity index (χ1n) is 12.2. The molecule has 1 aliphatic rings. The molecule has 0 unspecified atom stereocenters. The third kappa shape index (κ3) is 6.79. The summed E-state index contributed by atoms with van der Waals surface area (Å²) in [6.45, 7) is 15.2. The first kappa shape index (κ1) is 25.7. The second-order valence-electron chi connectivity index (χ2n) is 9.38. The van der Waals surface area contributed by atoms with Crippen LogP contribution in [0.2, 0.25) is 0 Å². The van der Waals surface area contributed by atoms with Crippen LogP contribution >= 0.6 is 0 Å². The van der Waals surface area contributed by atoms with Gasteiger partial charge in [-0.2, -0.15) is 0 Å². The van der Waals surface area contributed by atoms with Crippen molar-refractivity contribution in [3.63, 3.8) is 0 Å². The van der Waals surface area contributed by atoms with Crippen molar-refractivity contribution >= 4 is 17.4 Å². The molecule has 1 heterocycles. The fraction of sp³-hybridized carbons (Fsp3) is 0.519. The van der Waals surface area contributed by atoms with Crippen molar-refractivity contribution in [1.82, 2.24) is 9.80 Å². The standard InChI is InChI=1S/C27H40N4O3/c1-20(2)31(21(3)4)16-17-34-26-19-23(10-11-25(26)33-6)28-27(32)30-14-12-29(13-15-30)24-9-7-8-22(5)18-24/h7-11,18-21H,12-17H2,1-6H3,(H,28,32). The maximum atomic E-state index is 12.9. The van der Waals surface area contributed by atoms with E-state index in [1.165, 1.54) is 11.3 Å². The Kier molecular flexibility index (Phi) is 9.05. The molecule has 1 saturated heterocycles. The summed E-state index contributed by atoms with van der Waals surface area (Å²) < 4.78 is 11.5. The van der Waals surface area contributed by atoms with E-state index in [-0.39, 0.29) is 6.03 Å². The molecule has 186 valence electrons. The van der Waals surface area contributed by atoms with Gasteiger partial charge in [0.05, 0.1) is 7.11 Å². The molecule has 7 heteroatoms. The van der Waals surface area contributed by atoms with E-state index >= 15 is 0 Å². The van der Waals surface area contributed by atoms with Crippen molar-refractivity contribution in [1.29, 1.82) is 0 Å². The topological polar surface area (TPSA) is 57.3 Å². The van der Waals surface area contributed by atoms with Crippen LogP contribution in [0.4, 0.5) is 16.2 Å². The van der Waals surface area contributed by atoms with Crippen molar-refractivity contribution in [2.75, 3.05) is 56.7 Å². The fourth-order valence-corrected chi connectivity index (χ4v) is 4.44. The maximum Gasteiger partial charge on any atom is 0.321 e. The molecule has 0 saturated carbocycles. The summed E-state index contributed by atoms with van der Waals surface area (Å²) in [7, 11) is 1.63. The van der Waals surface area contributed by atoms with Crippen LogP contribution in [0.25, 0.3) is 0 Å². The predicted molar refractivity (Wildman–Crippen MR) is 139 cm³/mol. The van der Waals surface area contributed by atoms with E-state index in [9.17, 15) is 4.79 Å². The van der Waals surface area contributed by atoms with E-state index in [1.807, 2.05) is 23.1 Å². The molecule has 7 nitrogen and oxygen atoms in total. The van der Waals surface area contributed by atoms with Gasteiger partial charge in [-0.1, -0.05) is 12.1 Å². The highest BCUT2D eigenvalue weighted by molar-refractivity contribution is 5.90. The summed E-state index contributed by atoms with van der Waals surface area (Å²) in [4.78, 5) is 19.5. The second kappa shape index (κ2) is 12.0. The maximum absolute atomic E-state index is 12.9. The fourth-order valence-electron chi connectivity index (χ4n) is 4.44. The van der Waals surface area contributed by atoms with Crippen LogP contribution in [0.15, 0.2) is 42.5 Å². The smallest absolute Gasteiger partial charge is 0.321 e. The van der Waals surface area contributed by atoms with Crippen molar-refractivity contribution < 1.29 is 14.3 Å². The Hall–Kier alpha value is -2.93. The Bertz CT molecular complexity index is 931. The summed E-state index contributed by atoms with van der Waals surface area (Å²) in [5, 5.41) is 3.03. The highest BCUT2D eigenvalue weighted by Gasteiger charge is 2.22. The lowest BCUT2D eigenvalue weighted by Gasteiger charge is -2.36. The van der Waals surface area contributed by atoms with Crippen molar-refractivity contribution in [3.8, 4) is 11.5 Å². The largest absolute Gasteiger partial charge is 0.493 e. The van der Waals surface area contributed by atoms with Gasteiger partial charge in [0.1, 0.15) is 6.61 Å². The van der Waals surface area contributed by atoms with Gasteiger partial charge in [0.25, 0.3) is 0 Å². The zero-order valence-electron chi connectivity index (χ0n) is 21.5. The lowest BCUT2D eigenvalue weighted by molar-refractivity contribution is 0.140. The van der Waals surface area contributed by atoms with Gasteiger partial charge in [0.15, 0.2) is 11.5 Å². The van der Waals surface area contributed by atoms with Gasteiger partial charge in [0.2, 0.25) is 0 Å². The number of carbonyl (C=O) groups excluding carboxylic acids is 1. The predicted octanol–water partition coefficient (Wildman–Crippen LogP) is 4.86. The summed E-state index contributed by atoms with van der Waals surface area (Å²) in [6.07, 6.45) is 0. The number of hydrogen-bond acceptors (Lipinski definition) is 5. The average molecular weight is 469 g/mol. The number of carbonyl (C=O) groups is 1. The van der Waals surface area contributed by atoms with Crippen LogP contribution in [0.1, 0.15) is 33.3 Å². The first-order chi connectivity index (χ1) is 16.3. The number of hydrogen-bond donors (Lipinski definition) is 1. The Morgan fingerprint density at radius 2 is 1.71 bits per heavy atom. The van der Waals surface area contributed by atoms with Gasteiger partial charge < -0.3 is 24.6 Å². The minimum Gasteiger partial charge on any atom is -0.493 e. The lowest BCUT2D eigenvalue weighted by atomic mass is 10.2. The molecule has 1 aliphatic heterocycles. The Balaban J connectivity index is 1.56. The molecule has 0 aromatic heterocycles. The second-order valence-corrected chi connectivity index (χ2v) is 9.38. The summed E-state index contributed by atoms with van der Waals surface area (Å²) in [5.41, 5.74) is 3.16. The third-order valence-corrected chi connectivity index (χ3v) is 6.28. The molecule has 2 aromatic rings. The number of ether oxygens (including phenoxy) is 2. The number of benzene rings is 2. The summed E-state index contributed by atoms with van der Waals surface area (Å²) in [6, 6.07) is 14.8. The Morgan fingerprint density at radius 1 is 1.00 bits per heavy atom. The summed E-state index contributed by atoms with van der Waals surface area (Å²) in [5.74, 6) is 1.29. The van der Waals surface area contributed by atoms with Crippen LogP contribution in [0.5, 0.6) is 11.5 Å². The van der Waals surface area contributed by atoms with Crippen molar-refractivity contribution in [2.24, 2.45) is 0 Å². The zero-order chi connectivity index (χ0) is 24.7. The number of methoxy groups -OCH3 is 1. The number of nitrogens with zero attached hydrogens (tertiary/aromatic N) is 3. The van der Waals surface area contributed by atoms with E-state index in [0.717, 1.165) is 19.6 Å². The van der Waals surface area contributed by atoms with Gasteiger partial charge in [-0.05, 0) is 64.4 Å². The molecule has 0 aliphatic carbocycles. The quantitative estimate of drug-likeness (QED) is 0.570. The monoisotopic (exact) mass is 468 g/mol. The molecular weight excluding hydrogens is 428 g/mol. The number of urea groups is 1. The number of nitrogens with one attached hydrogen (secondary N) is 1. The van der Waals surface area contributed by atoms with Crippen LogP contribution < -0.4 is 19.7 Å². The normalized spacial score (nSPS) is 14.1. The molecule has 2 amide bonds.